The maximum absolute atomic E-state index is 12.4. The number of nitrogens with one attached hydrogen (secondary N) is 1. The van der Waals surface area contributed by atoms with Gasteiger partial charge in [-0.2, -0.15) is 0 Å². The Bertz CT molecular complexity index is 298. The van der Waals surface area contributed by atoms with Gasteiger partial charge in [-0.1, -0.05) is 0 Å². The number of halogens is 1. The highest BCUT2D eigenvalue weighted by Crippen LogP contribution is 2.03. The fourth-order valence-corrected chi connectivity index (χ4v) is 0.680. The molecule has 0 saturated heterocycles. The molecular formula is C8H9FN2O2. The van der Waals surface area contributed by atoms with Crippen LogP contribution in [0.15, 0.2) is 18.3 Å². The van der Waals surface area contributed by atoms with Gasteiger partial charge >= 0.3 is 0 Å². The molecule has 0 aliphatic rings. The topological polar surface area (TPSA) is 62.2 Å². The smallest absolute Gasteiger partial charge is 0.254 e. The van der Waals surface area contributed by atoms with Gasteiger partial charge in [0.25, 0.3) is 5.91 Å². The molecule has 1 heterocycles. The molecule has 5 heteroatoms. The van der Waals surface area contributed by atoms with Crippen molar-refractivity contribution in [2.45, 2.75) is 13.0 Å². The summed E-state index contributed by atoms with van der Waals surface area (Å²) in [6, 6.07) is 2.49. The number of amides is 1. The van der Waals surface area contributed by atoms with Crippen LogP contribution in [0.3, 0.4) is 0 Å². The Morgan fingerprint density at radius 3 is 2.85 bits per heavy atom. The van der Waals surface area contributed by atoms with E-state index in [4.69, 9.17) is 5.11 Å². The van der Waals surface area contributed by atoms with E-state index in [0.29, 0.717) is 0 Å². The summed E-state index contributed by atoms with van der Waals surface area (Å²) in [6.45, 7) is 1.33. The van der Waals surface area contributed by atoms with E-state index in [0.717, 1.165) is 6.20 Å². The molecule has 0 aliphatic carbocycles. The van der Waals surface area contributed by atoms with Gasteiger partial charge in [0.05, 0.1) is 6.20 Å². The lowest BCUT2D eigenvalue weighted by molar-refractivity contribution is -0.123. The zero-order valence-electron chi connectivity index (χ0n) is 6.99. The van der Waals surface area contributed by atoms with Crippen LogP contribution in [0, 0.1) is 5.82 Å². The number of aliphatic hydroxyl groups excluding tert-OH is 1. The number of carbonyl (C=O) groups is 1. The predicted molar refractivity (Wildman–Crippen MR) is 44.5 cm³/mol. The summed E-state index contributed by atoms with van der Waals surface area (Å²) in [7, 11) is 0. The lowest BCUT2D eigenvalue weighted by Crippen LogP contribution is -2.24. The van der Waals surface area contributed by atoms with Gasteiger partial charge in [0.1, 0.15) is 17.7 Å². The molecule has 13 heavy (non-hydrogen) atoms. The highest BCUT2D eigenvalue weighted by atomic mass is 19.1. The third-order valence-corrected chi connectivity index (χ3v) is 1.36. The van der Waals surface area contributed by atoms with Crippen LogP contribution in [0.5, 0.6) is 0 Å². The Hall–Kier alpha value is -1.49. The van der Waals surface area contributed by atoms with Crippen LogP contribution in [0.25, 0.3) is 0 Å². The van der Waals surface area contributed by atoms with Gasteiger partial charge in [-0.15, -0.1) is 0 Å². The first-order chi connectivity index (χ1) is 6.09. The summed E-state index contributed by atoms with van der Waals surface area (Å²) in [5, 5.41) is 11.1. The molecule has 0 aromatic carbocycles. The fourth-order valence-electron chi connectivity index (χ4n) is 0.680. The number of nitrogens with zero attached hydrogens (tertiary/aromatic N) is 1. The number of aliphatic hydroxyl groups is 1. The van der Waals surface area contributed by atoms with Crippen molar-refractivity contribution in [2.24, 2.45) is 0 Å². The molecule has 1 amide bonds. The standard InChI is InChI=1S/C8H9FN2O2/c1-5(12)8(13)11-7-3-2-6(9)4-10-7/h2-5,12H,1H3,(H,10,11,13). The molecule has 0 radical (unpaired) electrons. The monoisotopic (exact) mass is 184 g/mol. The highest BCUT2D eigenvalue weighted by molar-refractivity contribution is 5.92. The first-order valence-corrected chi connectivity index (χ1v) is 3.70. The SMILES string of the molecule is CC(O)C(=O)Nc1ccc(F)cn1. The summed E-state index contributed by atoms with van der Waals surface area (Å²) in [4.78, 5) is 14.5. The van der Waals surface area contributed by atoms with Gasteiger partial charge in [-0.3, -0.25) is 4.79 Å². The number of rotatable bonds is 2. The molecular weight excluding hydrogens is 175 g/mol. The molecule has 0 bridgehead atoms. The molecule has 2 N–H and O–H groups in total. The van der Waals surface area contributed by atoms with E-state index in [9.17, 15) is 9.18 Å². The van der Waals surface area contributed by atoms with Gasteiger partial charge in [0.15, 0.2) is 0 Å². The molecule has 1 rings (SSSR count). The molecule has 1 atom stereocenters. The lowest BCUT2D eigenvalue weighted by atomic mass is 10.3. The third-order valence-electron chi connectivity index (χ3n) is 1.36. The van der Waals surface area contributed by atoms with Crippen molar-refractivity contribution >= 4 is 11.7 Å². The van der Waals surface area contributed by atoms with E-state index >= 15 is 0 Å². The van der Waals surface area contributed by atoms with E-state index < -0.39 is 17.8 Å². The van der Waals surface area contributed by atoms with Crippen LogP contribution < -0.4 is 5.32 Å². The summed E-state index contributed by atoms with van der Waals surface area (Å²) in [5.74, 6) is -0.832. The maximum Gasteiger partial charge on any atom is 0.254 e. The zero-order chi connectivity index (χ0) is 9.84. The number of carbonyl (C=O) groups excluding carboxylic acids is 1. The average Bonchev–Trinajstić information content (AvgIpc) is 2.08. The second-order valence-electron chi connectivity index (χ2n) is 2.53. The third kappa shape index (κ3) is 2.79. The lowest BCUT2D eigenvalue weighted by Gasteiger charge is -2.05. The van der Waals surface area contributed by atoms with Crippen LogP contribution in [0.4, 0.5) is 10.2 Å². The largest absolute Gasteiger partial charge is 0.384 e. The normalized spacial score (nSPS) is 12.2. The van der Waals surface area contributed by atoms with Crippen LogP contribution in [-0.4, -0.2) is 22.1 Å². The first kappa shape index (κ1) is 9.60. The molecule has 0 fully saturated rings. The molecule has 0 saturated carbocycles. The van der Waals surface area contributed by atoms with Crippen LogP contribution >= 0.6 is 0 Å². The fraction of sp³-hybridized carbons (Fsp3) is 0.250. The van der Waals surface area contributed by atoms with Crippen LogP contribution in [-0.2, 0) is 4.79 Å². The quantitative estimate of drug-likeness (QED) is 0.705. The number of hydrogen-bond donors (Lipinski definition) is 2. The van der Waals surface area contributed by atoms with Crippen molar-refractivity contribution in [3.8, 4) is 0 Å². The average molecular weight is 184 g/mol. The molecule has 1 unspecified atom stereocenters. The van der Waals surface area contributed by atoms with Crippen molar-refractivity contribution in [1.29, 1.82) is 0 Å². The Kier molecular flexibility index (Phi) is 2.92. The second kappa shape index (κ2) is 3.95. The summed E-state index contributed by atoms with van der Waals surface area (Å²) in [6.07, 6.45) is -0.121. The molecule has 70 valence electrons. The number of anilines is 1. The van der Waals surface area contributed by atoms with Crippen LogP contribution in [0.1, 0.15) is 6.92 Å². The Labute approximate surface area is 74.4 Å². The van der Waals surface area contributed by atoms with E-state index in [1.807, 2.05) is 0 Å². The van der Waals surface area contributed by atoms with E-state index in [1.54, 1.807) is 0 Å². The number of aromatic nitrogens is 1. The van der Waals surface area contributed by atoms with Gasteiger partial charge in [-0.05, 0) is 19.1 Å². The van der Waals surface area contributed by atoms with E-state index in [1.165, 1.54) is 19.1 Å². The van der Waals surface area contributed by atoms with Crippen molar-refractivity contribution in [3.05, 3.63) is 24.1 Å². The number of hydrogen-bond acceptors (Lipinski definition) is 3. The minimum Gasteiger partial charge on any atom is -0.384 e. The van der Waals surface area contributed by atoms with Crippen molar-refractivity contribution in [3.63, 3.8) is 0 Å². The summed E-state index contributed by atoms with van der Waals surface area (Å²) in [5.41, 5.74) is 0. The van der Waals surface area contributed by atoms with Crippen molar-refractivity contribution in [1.82, 2.24) is 4.98 Å². The van der Waals surface area contributed by atoms with Gasteiger partial charge in [0.2, 0.25) is 0 Å². The first-order valence-electron chi connectivity index (χ1n) is 3.70. The molecule has 1 aromatic rings. The van der Waals surface area contributed by atoms with E-state index in [2.05, 4.69) is 10.3 Å². The summed E-state index contributed by atoms with van der Waals surface area (Å²) >= 11 is 0. The van der Waals surface area contributed by atoms with Crippen molar-refractivity contribution < 1.29 is 14.3 Å². The molecule has 4 nitrogen and oxygen atoms in total. The minimum atomic E-state index is -1.10. The molecule has 0 spiro atoms. The van der Waals surface area contributed by atoms with Crippen LogP contribution in [0.2, 0.25) is 0 Å². The Morgan fingerprint density at radius 2 is 2.38 bits per heavy atom. The zero-order valence-corrected chi connectivity index (χ0v) is 6.99. The Balaban J connectivity index is 2.65. The van der Waals surface area contributed by atoms with Gasteiger partial charge < -0.3 is 10.4 Å². The minimum absolute atomic E-state index is 0.215. The highest BCUT2D eigenvalue weighted by Gasteiger charge is 2.08. The van der Waals surface area contributed by atoms with Crippen molar-refractivity contribution in [2.75, 3.05) is 5.32 Å². The number of pyridine rings is 1. The van der Waals surface area contributed by atoms with Gasteiger partial charge in [-0.25, -0.2) is 9.37 Å². The van der Waals surface area contributed by atoms with Gasteiger partial charge in [0, 0.05) is 0 Å². The summed E-state index contributed by atoms with van der Waals surface area (Å²) < 4.78 is 12.4. The Morgan fingerprint density at radius 1 is 1.69 bits per heavy atom. The second-order valence-corrected chi connectivity index (χ2v) is 2.53. The predicted octanol–water partition coefficient (Wildman–Crippen LogP) is 0.540. The maximum atomic E-state index is 12.4. The molecule has 1 aromatic heterocycles. The van der Waals surface area contributed by atoms with E-state index in [-0.39, 0.29) is 5.82 Å². The molecule has 0 aliphatic heterocycles.